The van der Waals surface area contributed by atoms with Crippen molar-refractivity contribution in [2.75, 3.05) is 26.8 Å². The van der Waals surface area contributed by atoms with Crippen LogP contribution in [0.3, 0.4) is 0 Å². The Hall–Kier alpha value is -1.07. The van der Waals surface area contributed by atoms with E-state index in [0.29, 0.717) is 24.6 Å². The smallest absolute Gasteiger partial charge is 0.253 e. The van der Waals surface area contributed by atoms with Crippen LogP contribution in [-0.4, -0.2) is 37.6 Å². The monoisotopic (exact) mass is 269 g/mol. The van der Waals surface area contributed by atoms with Gasteiger partial charge in [0.1, 0.15) is 5.82 Å². The number of ether oxygens (including phenoxy) is 1. The molecule has 1 amide bonds. The third-order valence-corrected chi connectivity index (χ3v) is 3.51. The van der Waals surface area contributed by atoms with Gasteiger partial charge in [-0.25, -0.2) is 4.39 Å². The Bertz CT molecular complexity index is 453. The van der Waals surface area contributed by atoms with E-state index in [1.54, 1.807) is 12.0 Å². The molecule has 3 nitrogen and oxygen atoms in total. The molecule has 1 fully saturated rings. The van der Waals surface area contributed by atoms with Crippen molar-refractivity contribution >= 4 is 18.5 Å². The summed E-state index contributed by atoms with van der Waals surface area (Å²) in [4.78, 5) is 14.2. The number of methoxy groups -OCH3 is 1. The Labute approximate surface area is 111 Å². The molecular weight excluding hydrogens is 253 g/mol. The summed E-state index contributed by atoms with van der Waals surface area (Å²) in [5.74, 6) is -0.0765. The maximum atomic E-state index is 13.1. The van der Waals surface area contributed by atoms with Crippen LogP contribution < -0.4 is 0 Å². The van der Waals surface area contributed by atoms with Gasteiger partial charge in [0.15, 0.2) is 0 Å². The van der Waals surface area contributed by atoms with Crippen molar-refractivity contribution in [3.8, 4) is 0 Å². The second-order valence-electron chi connectivity index (χ2n) is 4.53. The maximum absolute atomic E-state index is 13.1. The summed E-state index contributed by atoms with van der Waals surface area (Å²) in [6.07, 6.45) is 0.953. The predicted molar refractivity (Wildman–Crippen MR) is 69.5 cm³/mol. The molecule has 0 aromatic heterocycles. The van der Waals surface area contributed by atoms with Crippen molar-refractivity contribution < 1.29 is 13.9 Å². The van der Waals surface area contributed by atoms with E-state index in [0.717, 1.165) is 13.0 Å². The molecule has 18 heavy (non-hydrogen) atoms. The number of halogens is 1. The van der Waals surface area contributed by atoms with E-state index in [4.69, 9.17) is 4.74 Å². The number of thiol groups is 1. The number of amides is 1. The van der Waals surface area contributed by atoms with E-state index >= 15 is 0 Å². The van der Waals surface area contributed by atoms with Gasteiger partial charge in [-0.3, -0.25) is 4.79 Å². The number of likely N-dealkylation sites (tertiary alicyclic amines) is 1. The number of benzene rings is 1. The summed E-state index contributed by atoms with van der Waals surface area (Å²) < 4.78 is 18.2. The average molecular weight is 269 g/mol. The van der Waals surface area contributed by atoms with E-state index in [1.165, 1.54) is 18.2 Å². The van der Waals surface area contributed by atoms with Crippen molar-refractivity contribution in [3.05, 3.63) is 29.6 Å². The van der Waals surface area contributed by atoms with Gasteiger partial charge < -0.3 is 9.64 Å². The van der Waals surface area contributed by atoms with Gasteiger partial charge in [-0.1, -0.05) is 0 Å². The molecule has 0 N–H and O–H groups in total. The van der Waals surface area contributed by atoms with Gasteiger partial charge >= 0.3 is 0 Å². The first-order chi connectivity index (χ1) is 8.61. The van der Waals surface area contributed by atoms with Crippen LogP contribution in [0.15, 0.2) is 23.1 Å². The molecule has 5 heteroatoms. The molecule has 1 unspecified atom stereocenters. The topological polar surface area (TPSA) is 29.5 Å². The molecule has 0 radical (unpaired) electrons. The summed E-state index contributed by atoms with van der Waals surface area (Å²) in [7, 11) is 1.66. The van der Waals surface area contributed by atoms with E-state index in [-0.39, 0.29) is 10.8 Å². The minimum atomic E-state index is -0.409. The van der Waals surface area contributed by atoms with Crippen molar-refractivity contribution in [1.82, 2.24) is 4.90 Å². The molecule has 1 saturated heterocycles. The summed E-state index contributed by atoms with van der Waals surface area (Å²) in [5, 5.41) is 0. The van der Waals surface area contributed by atoms with Crippen molar-refractivity contribution in [1.29, 1.82) is 0 Å². The van der Waals surface area contributed by atoms with Crippen LogP contribution in [0.25, 0.3) is 0 Å². The Morgan fingerprint density at radius 2 is 2.39 bits per heavy atom. The molecule has 1 aromatic carbocycles. The van der Waals surface area contributed by atoms with Gasteiger partial charge in [-0.05, 0) is 24.6 Å². The summed E-state index contributed by atoms with van der Waals surface area (Å²) in [6.45, 7) is 2.10. The molecular formula is C13H16FNO2S. The number of nitrogens with zero attached hydrogens (tertiary/aromatic N) is 1. The normalized spacial score (nSPS) is 19.3. The highest BCUT2D eigenvalue weighted by molar-refractivity contribution is 7.80. The number of rotatable bonds is 3. The number of hydrogen-bond donors (Lipinski definition) is 1. The lowest BCUT2D eigenvalue weighted by molar-refractivity contribution is 0.0775. The van der Waals surface area contributed by atoms with E-state index in [9.17, 15) is 9.18 Å². The van der Waals surface area contributed by atoms with Gasteiger partial charge in [-0.2, -0.15) is 0 Å². The highest BCUT2D eigenvalue weighted by atomic mass is 32.1. The van der Waals surface area contributed by atoms with Crippen LogP contribution in [0.4, 0.5) is 4.39 Å². The second-order valence-corrected chi connectivity index (χ2v) is 5.01. The molecule has 1 atom stereocenters. The first kappa shape index (κ1) is 13.4. The molecule has 1 aliphatic heterocycles. The third-order valence-electron chi connectivity index (χ3n) is 3.17. The van der Waals surface area contributed by atoms with E-state index in [2.05, 4.69) is 12.6 Å². The lowest BCUT2D eigenvalue weighted by atomic mass is 10.1. The van der Waals surface area contributed by atoms with Gasteiger partial charge in [0.25, 0.3) is 5.91 Å². The molecule has 0 aliphatic carbocycles. The Kier molecular flexibility index (Phi) is 4.24. The van der Waals surface area contributed by atoms with Crippen molar-refractivity contribution in [2.24, 2.45) is 5.92 Å². The predicted octanol–water partition coefficient (Wildman–Crippen LogP) is 2.22. The largest absolute Gasteiger partial charge is 0.384 e. The lowest BCUT2D eigenvalue weighted by Crippen LogP contribution is -2.29. The van der Waals surface area contributed by atoms with Crippen LogP contribution in [0.1, 0.15) is 16.8 Å². The SMILES string of the molecule is COCC1CCN(C(=O)c2ccc(F)c(S)c2)C1. The zero-order chi connectivity index (χ0) is 13.1. The lowest BCUT2D eigenvalue weighted by Gasteiger charge is -2.16. The number of carbonyl (C=O) groups excluding carboxylic acids is 1. The Morgan fingerprint density at radius 3 is 3.06 bits per heavy atom. The van der Waals surface area contributed by atoms with Gasteiger partial charge in [0.05, 0.1) is 6.61 Å². The summed E-state index contributed by atoms with van der Waals surface area (Å²) in [6, 6.07) is 4.25. The maximum Gasteiger partial charge on any atom is 0.253 e. The van der Waals surface area contributed by atoms with E-state index in [1.807, 2.05) is 0 Å². The first-order valence-corrected chi connectivity index (χ1v) is 6.33. The zero-order valence-corrected chi connectivity index (χ0v) is 11.1. The van der Waals surface area contributed by atoms with Gasteiger partial charge in [0.2, 0.25) is 0 Å². The first-order valence-electron chi connectivity index (χ1n) is 5.88. The fourth-order valence-corrected chi connectivity index (χ4v) is 2.43. The van der Waals surface area contributed by atoms with Crippen LogP contribution in [0, 0.1) is 11.7 Å². The summed E-state index contributed by atoms with van der Waals surface area (Å²) >= 11 is 3.99. The molecule has 0 spiro atoms. The van der Waals surface area contributed by atoms with E-state index < -0.39 is 5.82 Å². The van der Waals surface area contributed by atoms with Crippen LogP contribution in [0.2, 0.25) is 0 Å². The molecule has 1 aromatic rings. The highest BCUT2D eigenvalue weighted by Crippen LogP contribution is 2.21. The second kappa shape index (κ2) is 5.71. The highest BCUT2D eigenvalue weighted by Gasteiger charge is 2.26. The number of hydrogen-bond acceptors (Lipinski definition) is 3. The minimum Gasteiger partial charge on any atom is -0.384 e. The van der Waals surface area contributed by atoms with Crippen LogP contribution >= 0.6 is 12.6 Å². The minimum absolute atomic E-state index is 0.0658. The zero-order valence-electron chi connectivity index (χ0n) is 10.2. The fraction of sp³-hybridized carbons (Fsp3) is 0.462. The average Bonchev–Trinajstić information content (AvgIpc) is 2.81. The quantitative estimate of drug-likeness (QED) is 0.853. The van der Waals surface area contributed by atoms with Crippen LogP contribution in [-0.2, 0) is 4.74 Å². The van der Waals surface area contributed by atoms with Gasteiger partial charge in [-0.15, -0.1) is 12.6 Å². The Balaban J connectivity index is 2.05. The third kappa shape index (κ3) is 2.84. The molecule has 1 aliphatic rings. The molecule has 1 heterocycles. The van der Waals surface area contributed by atoms with Gasteiger partial charge in [0, 0.05) is 36.6 Å². The fourth-order valence-electron chi connectivity index (χ4n) is 2.22. The van der Waals surface area contributed by atoms with Crippen molar-refractivity contribution in [2.45, 2.75) is 11.3 Å². The van der Waals surface area contributed by atoms with Crippen molar-refractivity contribution in [3.63, 3.8) is 0 Å². The molecule has 0 bridgehead atoms. The van der Waals surface area contributed by atoms with Crippen LogP contribution in [0.5, 0.6) is 0 Å². The molecule has 2 rings (SSSR count). The molecule has 98 valence electrons. The standard InChI is InChI=1S/C13H16FNO2S/c1-17-8-9-4-5-15(7-9)13(16)10-2-3-11(14)12(18)6-10/h2-3,6,9,18H,4-5,7-8H2,1H3. The Morgan fingerprint density at radius 1 is 1.61 bits per heavy atom. The molecule has 0 saturated carbocycles. The summed E-state index contributed by atoms with van der Waals surface area (Å²) in [5.41, 5.74) is 0.486. The number of carbonyl (C=O) groups is 1.